The summed E-state index contributed by atoms with van der Waals surface area (Å²) in [6, 6.07) is 7.45. The van der Waals surface area contributed by atoms with Crippen LogP contribution < -0.4 is 5.32 Å². The van der Waals surface area contributed by atoms with Crippen LogP contribution in [-0.4, -0.2) is 41.1 Å². The average Bonchev–Trinajstić information content (AvgIpc) is 2.83. The third kappa shape index (κ3) is 6.16. The first-order valence-electron chi connectivity index (χ1n) is 13.0. The molecule has 0 radical (unpaired) electrons. The summed E-state index contributed by atoms with van der Waals surface area (Å²) in [5.74, 6) is 2.34. The lowest BCUT2D eigenvalue weighted by atomic mass is 9.65. The van der Waals surface area contributed by atoms with Gasteiger partial charge < -0.3 is 10.1 Å². The maximum atomic E-state index is 11.4. The Hall–Kier alpha value is -1.57. The molecule has 7 heteroatoms. The highest BCUT2D eigenvalue weighted by Gasteiger charge is 2.42. The fourth-order valence-corrected chi connectivity index (χ4v) is 6.85. The van der Waals surface area contributed by atoms with Gasteiger partial charge in [0.2, 0.25) is 0 Å². The number of rotatable bonds is 7. The Kier molecular flexibility index (Phi) is 9.47. The van der Waals surface area contributed by atoms with Crippen LogP contribution in [-0.2, 0) is 4.74 Å². The summed E-state index contributed by atoms with van der Waals surface area (Å²) in [7, 11) is 0. The largest absolute Gasteiger partial charge is 0.385 e. The Morgan fingerprint density at radius 3 is 2.74 bits per heavy atom. The molecule has 1 heterocycles. The maximum absolute atomic E-state index is 11.4. The van der Waals surface area contributed by atoms with Gasteiger partial charge >= 0.3 is 0 Å². The summed E-state index contributed by atoms with van der Waals surface area (Å²) in [5.41, 5.74) is 0.969. The summed E-state index contributed by atoms with van der Waals surface area (Å²) in [6.45, 7) is 17.4. The summed E-state index contributed by atoms with van der Waals surface area (Å²) < 4.78 is 8.41. The third-order valence-corrected chi connectivity index (χ3v) is 9.02. The quantitative estimate of drug-likeness (QED) is 0.262. The van der Waals surface area contributed by atoms with Crippen molar-refractivity contribution in [1.82, 2.24) is 9.62 Å². The summed E-state index contributed by atoms with van der Waals surface area (Å²) >= 11 is 1.46. The average molecular weight is 490 g/mol. The van der Waals surface area contributed by atoms with Crippen LogP contribution in [0.15, 0.2) is 41.4 Å². The van der Waals surface area contributed by atoms with E-state index < -0.39 is 0 Å². The van der Waals surface area contributed by atoms with E-state index in [-0.39, 0.29) is 22.1 Å². The molecule has 1 aromatic carbocycles. The van der Waals surface area contributed by atoms with Crippen molar-refractivity contribution in [2.75, 3.05) is 19.7 Å². The highest BCUT2D eigenvalue weighted by atomic mass is 32.2. The summed E-state index contributed by atoms with van der Waals surface area (Å²) in [6.07, 6.45) is 6.75. The van der Waals surface area contributed by atoms with Crippen LogP contribution in [0.3, 0.4) is 0 Å². The minimum absolute atomic E-state index is 0.0236. The molecule has 1 aromatic rings. The van der Waals surface area contributed by atoms with Crippen LogP contribution in [0, 0.1) is 33.3 Å². The van der Waals surface area contributed by atoms with Crippen molar-refractivity contribution < 1.29 is 9.66 Å². The predicted octanol–water partition coefficient (Wildman–Crippen LogP) is 6.67. The van der Waals surface area contributed by atoms with Crippen molar-refractivity contribution in [1.29, 1.82) is 0 Å². The lowest BCUT2D eigenvalue weighted by Gasteiger charge is -2.48. The van der Waals surface area contributed by atoms with Crippen LogP contribution in [0.4, 0.5) is 5.69 Å². The zero-order valence-corrected chi connectivity index (χ0v) is 22.4. The molecule has 0 amide bonds. The lowest BCUT2D eigenvalue weighted by Crippen LogP contribution is -2.53. The van der Waals surface area contributed by atoms with E-state index in [0.717, 1.165) is 24.1 Å². The van der Waals surface area contributed by atoms with Crippen LogP contribution >= 0.6 is 11.9 Å². The normalized spacial score (nSPS) is 29.5. The zero-order chi connectivity index (χ0) is 24.9. The van der Waals surface area contributed by atoms with Gasteiger partial charge in [-0.3, -0.25) is 10.1 Å². The van der Waals surface area contributed by atoms with Gasteiger partial charge in [0.1, 0.15) is 4.90 Å². The number of nitrogens with one attached hydrogen (secondary N) is 1. The van der Waals surface area contributed by atoms with E-state index in [1.54, 1.807) is 12.1 Å². The fourth-order valence-electron chi connectivity index (χ4n) is 5.82. The van der Waals surface area contributed by atoms with E-state index in [1.165, 1.54) is 44.1 Å². The number of ether oxygens (including phenoxy) is 1. The zero-order valence-electron chi connectivity index (χ0n) is 21.6. The number of nitrogens with zero attached hydrogens (tertiary/aromatic N) is 2. The van der Waals surface area contributed by atoms with Crippen LogP contribution in [0.25, 0.3) is 0 Å². The van der Waals surface area contributed by atoms with E-state index in [2.05, 4.69) is 37.0 Å². The van der Waals surface area contributed by atoms with Gasteiger partial charge in [-0.05, 0) is 55.0 Å². The molecule has 5 unspecified atom stereocenters. The first-order valence-corrected chi connectivity index (χ1v) is 13.8. The number of hydrogen-bond acceptors (Lipinski definition) is 6. The van der Waals surface area contributed by atoms with Gasteiger partial charge in [0.15, 0.2) is 0 Å². The minimum atomic E-state index is -0.308. The van der Waals surface area contributed by atoms with Gasteiger partial charge in [0.05, 0.1) is 17.6 Å². The molecule has 6 nitrogen and oxygen atoms in total. The number of morpholine rings is 1. The number of nitro benzene ring substituents is 1. The Balaban J connectivity index is 0.00000158. The monoisotopic (exact) mass is 489 g/mol. The van der Waals surface area contributed by atoms with Gasteiger partial charge in [0, 0.05) is 36.3 Å². The molecule has 1 saturated heterocycles. The van der Waals surface area contributed by atoms with Crippen molar-refractivity contribution in [3.05, 3.63) is 46.7 Å². The third-order valence-electron chi connectivity index (χ3n) is 7.89. The highest BCUT2D eigenvalue weighted by molar-refractivity contribution is 7.97. The molecule has 34 heavy (non-hydrogen) atoms. The SMILES string of the molecule is C=C(NC1C(C)CC2CCCC1C2)C(C)(C)C1CN(Sc2ccccc2[N+](=O)[O-])CCO1.CC. The lowest BCUT2D eigenvalue weighted by molar-refractivity contribution is -0.387. The topological polar surface area (TPSA) is 67.6 Å². The van der Waals surface area contributed by atoms with E-state index in [1.807, 2.05) is 26.0 Å². The fraction of sp³-hybridized carbons (Fsp3) is 0.704. The van der Waals surface area contributed by atoms with E-state index in [0.29, 0.717) is 30.0 Å². The second-order valence-corrected chi connectivity index (χ2v) is 11.6. The number of fused-ring (bicyclic) bond motifs is 2. The smallest absolute Gasteiger partial charge is 0.284 e. The second kappa shape index (κ2) is 11.9. The van der Waals surface area contributed by atoms with E-state index in [4.69, 9.17) is 4.74 Å². The molecule has 1 N–H and O–H groups in total. The van der Waals surface area contributed by atoms with Gasteiger partial charge in [-0.25, -0.2) is 4.31 Å². The van der Waals surface area contributed by atoms with Crippen LogP contribution in [0.1, 0.15) is 66.7 Å². The predicted molar refractivity (Wildman–Crippen MR) is 141 cm³/mol. The first-order chi connectivity index (χ1) is 16.3. The van der Waals surface area contributed by atoms with E-state index in [9.17, 15) is 10.1 Å². The number of nitro groups is 1. The molecule has 190 valence electrons. The van der Waals surface area contributed by atoms with Crippen molar-refractivity contribution in [3.8, 4) is 0 Å². The van der Waals surface area contributed by atoms with Crippen molar-refractivity contribution in [3.63, 3.8) is 0 Å². The molecule has 2 bridgehead atoms. The number of hydrogen-bond donors (Lipinski definition) is 1. The Morgan fingerprint density at radius 1 is 1.26 bits per heavy atom. The van der Waals surface area contributed by atoms with Crippen molar-refractivity contribution in [2.24, 2.45) is 23.2 Å². The Morgan fingerprint density at radius 2 is 2.00 bits per heavy atom. The maximum Gasteiger partial charge on any atom is 0.284 e. The van der Waals surface area contributed by atoms with Crippen LogP contribution in [0.5, 0.6) is 0 Å². The molecule has 3 aliphatic rings. The van der Waals surface area contributed by atoms with Gasteiger partial charge in [0.25, 0.3) is 5.69 Å². The second-order valence-electron chi connectivity index (χ2n) is 10.4. The molecule has 0 aromatic heterocycles. The summed E-state index contributed by atoms with van der Waals surface area (Å²) in [5, 5.41) is 15.3. The molecule has 3 fully saturated rings. The molecule has 0 spiro atoms. The van der Waals surface area contributed by atoms with Gasteiger partial charge in [-0.2, -0.15) is 0 Å². The first kappa shape index (κ1) is 27.0. The molecule has 1 aliphatic heterocycles. The molecular formula is C27H43N3O3S. The molecule has 2 aliphatic carbocycles. The van der Waals surface area contributed by atoms with Crippen LogP contribution in [0.2, 0.25) is 0 Å². The number of benzene rings is 1. The Bertz CT molecular complexity index is 844. The molecule has 5 atom stereocenters. The van der Waals surface area contributed by atoms with Crippen molar-refractivity contribution in [2.45, 2.75) is 83.8 Å². The van der Waals surface area contributed by atoms with Gasteiger partial charge in [-0.15, -0.1) is 0 Å². The molecule has 4 rings (SSSR count). The molecule has 2 saturated carbocycles. The van der Waals surface area contributed by atoms with E-state index >= 15 is 0 Å². The standard InChI is InChI=1S/C25H37N3O3S.C2H6/c1-17-14-19-8-7-9-20(15-19)24(17)26-18(2)25(3,4)23-16-27(12-13-31-23)32-22-11-6-5-10-21(22)28(29)30;1-2/h5-6,10-11,17,19-20,23-24,26H,2,7-9,12-16H2,1,3-4H3;1-2H3. The minimum Gasteiger partial charge on any atom is -0.385 e. The van der Waals surface area contributed by atoms with Crippen molar-refractivity contribution >= 4 is 17.6 Å². The summed E-state index contributed by atoms with van der Waals surface area (Å²) in [4.78, 5) is 11.8. The highest BCUT2D eigenvalue weighted by Crippen LogP contribution is 2.44. The number of para-hydroxylation sites is 1. The van der Waals surface area contributed by atoms with Gasteiger partial charge in [-0.1, -0.05) is 66.2 Å². The Labute approximate surface area is 210 Å². The molecular weight excluding hydrogens is 446 g/mol.